The summed E-state index contributed by atoms with van der Waals surface area (Å²) in [6.45, 7) is 0.731. The van der Waals surface area contributed by atoms with Crippen molar-refractivity contribution in [3.8, 4) is 5.69 Å². The molecule has 0 atom stereocenters. The molecule has 2 N–H and O–H groups in total. The van der Waals surface area contributed by atoms with Crippen LogP contribution in [0.1, 0.15) is 31.2 Å². The van der Waals surface area contributed by atoms with Crippen LogP contribution in [0, 0.1) is 0 Å². The van der Waals surface area contributed by atoms with Crippen molar-refractivity contribution < 1.29 is 0 Å². The van der Waals surface area contributed by atoms with Crippen LogP contribution in [-0.2, 0) is 5.41 Å². The van der Waals surface area contributed by atoms with Crippen molar-refractivity contribution in [2.45, 2.75) is 31.1 Å². The van der Waals surface area contributed by atoms with Crippen molar-refractivity contribution in [1.29, 1.82) is 0 Å². The molecule has 1 fully saturated rings. The first-order chi connectivity index (χ1) is 9.25. The van der Waals surface area contributed by atoms with E-state index >= 15 is 0 Å². The Hall–Kier alpha value is -1.32. The number of nitrogens with zero attached hydrogens (tertiary/aromatic N) is 2. The van der Waals surface area contributed by atoms with Crippen molar-refractivity contribution in [3.05, 3.63) is 47.2 Å². The standard InChI is InChI=1S/C15H18ClN3/c16-14-7-10-18-19(14)13-5-3-12(4-6-13)15(11-17)8-1-2-9-15/h3-7,10H,1-2,8-9,11,17H2. The van der Waals surface area contributed by atoms with E-state index in [0.717, 1.165) is 12.2 Å². The minimum atomic E-state index is 0.187. The first-order valence-electron chi connectivity index (χ1n) is 6.76. The highest BCUT2D eigenvalue weighted by molar-refractivity contribution is 6.29. The van der Waals surface area contributed by atoms with Gasteiger partial charge in [0.05, 0.1) is 11.9 Å². The van der Waals surface area contributed by atoms with Gasteiger partial charge in [-0.1, -0.05) is 36.6 Å². The topological polar surface area (TPSA) is 43.8 Å². The van der Waals surface area contributed by atoms with Gasteiger partial charge in [-0.05, 0) is 36.6 Å². The number of hydrogen-bond acceptors (Lipinski definition) is 2. The number of hydrogen-bond donors (Lipinski definition) is 1. The molecule has 1 aliphatic rings. The number of rotatable bonds is 3. The highest BCUT2D eigenvalue weighted by Crippen LogP contribution is 2.40. The minimum absolute atomic E-state index is 0.187. The van der Waals surface area contributed by atoms with E-state index in [0.29, 0.717) is 5.15 Å². The Kier molecular flexibility index (Phi) is 3.33. The van der Waals surface area contributed by atoms with Gasteiger partial charge in [-0.15, -0.1) is 0 Å². The predicted octanol–water partition coefficient (Wildman–Crippen LogP) is 3.30. The summed E-state index contributed by atoms with van der Waals surface area (Å²) < 4.78 is 1.73. The third-order valence-corrected chi connectivity index (χ3v) is 4.56. The monoisotopic (exact) mass is 275 g/mol. The number of halogens is 1. The van der Waals surface area contributed by atoms with E-state index in [9.17, 15) is 0 Å². The zero-order valence-electron chi connectivity index (χ0n) is 10.8. The molecular weight excluding hydrogens is 258 g/mol. The highest BCUT2D eigenvalue weighted by Gasteiger charge is 2.33. The van der Waals surface area contributed by atoms with Crippen LogP contribution in [0.5, 0.6) is 0 Å². The fourth-order valence-corrected chi connectivity index (χ4v) is 3.29. The molecule has 19 heavy (non-hydrogen) atoms. The Morgan fingerprint density at radius 2 is 1.84 bits per heavy atom. The molecule has 0 spiro atoms. The van der Waals surface area contributed by atoms with Gasteiger partial charge < -0.3 is 5.73 Å². The summed E-state index contributed by atoms with van der Waals surface area (Å²) in [4.78, 5) is 0. The lowest BCUT2D eigenvalue weighted by atomic mass is 9.79. The molecule has 4 heteroatoms. The minimum Gasteiger partial charge on any atom is -0.330 e. The maximum Gasteiger partial charge on any atom is 0.132 e. The van der Waals surface area contributed by atoms with E-state index in [1.54, 1.807) is 16.9 Å². The molecule has 0 aliphatic heterocycles. The van der Waals surface area contributed by atoms with Gasteiger partial charge in [0.2, 0.25) is 0 Å². The molecule has 0 radical (unpaired) electrons. The molecule has 3 nitrogen and oxygen atoms in total. The van der Waals surface area contributed by atoms with E-state index in [1.165, 1.54) is 31.2 Å². The average molecular weight is 276 g/mol. The van der Waals surface area contributed by atoms with Gasteiger partial charge in [-0.2, -0.15) is 5.10 Å². The first kappa shape index (κ1) is 12.7. The molecule has 0 bridgehead atoms. The summed E-state index contributed by atoms with van der Waals surface area (Å²) in [6.07, 6.45) is 6.67. The van der Waals surface area contributed by atoms with Crippen LogP contribution in [0.2, 0.25) is 5.15 Å². The van der Waals surface area contributed by atoms with Crippen LogP contribution in [0.25, 0.3) is 5.69 Å². The summed E-state index contributed by atoms with van der Waals surface area (Å²) in [5, 5.41) is 4.84. The Morgan fingerprint density at radius 1 is 1.16 bits per heavy atom. The molecule has 0 amide bonds. The Balaban J connectivity index is 1.93. The smallest absolute Gasteiger partial charge is 0.132 e. The van der Waals surface area contributed by atoms with Gasteiger partial charge in [-0.3, -0.25) is 0 Å². The van der Waals surface area contributed by atoms with Crippen LogP contribution >= 0.6 is 11.6 Å². The molecule has 1 saturated carbocycles. The van der Waals surface area contributed by atoms with Crippen molar-refractivity contribution in [3.63, 3.8) is 0 Å². The zero-order chi connectivity index (χ0) is 13.3. The van der Waals surface area contributed by atoms with Gasteiger partial charge in [0.1, 0.15) is 5.15 Å². The molecule has 100 valence electrons. The zero-order valence-corrected chi connectivity index (χ0v) is 11.6. The lowest BCUT2D eigenvalue weighted by Crippen LogP contribution is -2.31. The lowest BCUT2D eigenvalue weighted by molar-refractivity contribution is 0.453. The molecule has 0 unspecified atom stereocenters. The predicted molar refractivity (Wildman–Crippen MR) is 77.8 cm³/mol. The molecular formula is C15H18ClN3. The van der Waals surface area contributed by atoms with Crippen LogP contribution in [0.3, 0.4) is 0 Å². The number of aromatic nitrogens is 2. The van der Waals surface area contributed by atoms with Crippen molar-refractivity contribution >= 4 is 11.6 Å². The van der Waals surface area contributed by atoms with Crippen molar-refractivity contribution in [2.75, 3.05) is 6.54 Å². The summed E-state index contributed by atoms with van der Waals surface area (Å²) in [6, 6.07) is 10.3. The molecule has 0 saturated heterocycles. The average Bonchev–Trinajstić information content (AvgIpc) is 3.08. The van der Waals surface area contributed by atoms with E-state index in [-0.39, 0.29) is 5.41 Å². The second-order valence-electron chi connectivity index (χ2n) is 5.30. The summed E-state index contributed by atoms with van der Waals surface area (Å²) in [5.74, 6) is 0. The van der Waals surface area contributed by atoms with E-state index in [2.05, 4.69) is 29.4 Å². The third kappa shape index (κ3) is 2.17. The number of nitrogens with two attached hydrogens (primary N) is 1. The van der Waals surface area contributed by atoms with Gasteiger partial charge >= 0.3 is 0 Å². The van der Waals surface area contributed by atoms with Gasteiger partial charge in [0.25, 0.3) is 0 Å². The molecule has 1 aromatic carbocycles. The maximum absolute atomic E-state index is 6.08. The van der Waals surface area contributed by atoms with Gasteiger partial charge in [-0.25, -0.2) is 4.68 Å². The third-order valence-electron chi connectivity index (χ3n) is 4.27. The van der Waals surface area contributed by atoms with Crippen LogP contribution < -0.4 is 5.73 Å². The summed E-state index contributed by atoms with van der Waals surface area (Å²) in [7, 11) is 0. The maximum atomic E-state index is 6.08. The quantitative estimate of drug-likeness (QED) is 0.934. The Morgan fingerprint density at radius 3 is 2.37 bits per heavy atom. The summed E-state index contributed by atoms with van der Waals surface area (Å²) in [5.41, 5.74) is 8.54. The Bertz CT molecular complexity index is 553. The Labute approximate surface area is 118 Å². The van der Waals surface area contributed by atoms with E-state index in [1.807, 2.05) is 0 Å². The van der Waals surface area contributed by atoms with Crippen molar-refractivity contribution in [1.82, 2.24) is 9.78 Å². The fraction of sp³-hybridized carbons (Fsp3) is 0.400. The lowest BCUT2D eigenvalue weighted by Gasteiger charge is -2.28. The van der Waals surface area contributed by atoms with E-state index in [4.69, 9.17) is 17.3 Å². The highest BCUT2D eigenvalue weighted by atomic mass is 35.5. The second-order valence-corrected chi connectivity index (χ2v) is 5.69. The van der Waals surface area contributed by atoms with Gasteiger partial charge in [0, 0.05) is 12.0 Å². The van der Waals surface area contributed by atoms with Gasteiger partial charge in [0.15, 0.2) is 0 Å². The van der Waals surface area contributed by atoms with Crippen LogP contribution in [-0.4, -0.2) is 16.3 Å². The largest absolute Gasteiger partial charge is 0.330 e. The molecule has 1 heterocycles. The fourth-order valence-electron chi connectivity index (χ4n) is 3.10. The normalized spacial score (nSPS) is 17.8. The second kappa shape index (κ2) is 4.99. The van der Waals surface area contributed by atoms with Crippen LogP contribution in [0.4, 0.5) is 0 Å². The summed E-state index contributed by atoms with van der Waals surface area (Å²) >= 11 is 6.08. The molecule has 3 rings (SSSR count). The molecule has 1 aromatic heterocycles. The van der Waals surface area contributed by atoms with Crippen molar-refractivity contribution in [2.24, 2.45) is 5.73 Å². The SMILES string of the molecule is NCC1(c2ccc(-n3nccc3Cl)cc2)CCCC1. The molecule has 1 aliphatic carbocycles. The van der Waals surface area contributed by atoms with E-state index < -0.39 is 0 Å². The number of benzene rings is 1. The first-order valence-corrected chi connectivity index (χ1v) is 7.13. The molecule has 2 aromatic rings. The van der Waals surface area contributed by atoms with Crippen LogP contribution in [0.15, 0.2) is 36.5 Å².